The van der Waals surface area contributed by atoms with Crippen LogP contribution >= 0.6 is 15.9 Å². The van der Waals surface area contributed by atoms with E-state index in [0.29, 0.717) is 0 Å². The Morgan fingerprint density at radius 3 is 3.07 bits per heavy atom. The summed E-state index contributed by atoms with van der Waals surface area (Å²) < 4.78 is 2.45. The lowest BCUT2D eigenvalue weighted by molar-refractivity contribution is -0.137. The Bertz CT molecular complexity index is 493. The third-order valence-corrected chi connectivity index (χ3v) is 2.53. The van der Waals surface area contributed by atoms with Crippen molar-refractivity contribution in [2.45, 2.75) is 6.54 Å². The summed E-state index contributed by atoms with van der Waals surface area (Å²) >= 11 is 3.36. The van der Waals surface area contributed by atoms with Gasteiger partial charge in [-0.1, -0.05) is 6.07 Å². The van der Waals surface area contributed by atoms with Gasteiger partial charge in [-0.15, -0.1) is 0 Å². The molecule has 1 N–H and O–H groups in total. The van der Waals surface area contributed by atoms with Gasteiger partial charge in [0.05, 0.1) is 17.4 Å². The molecule has 2 rings (SSSR count). The Balaban J connectivity index is 2.61. The maximum atomic E-state index is 10.6. The molecule has 1 aromatic heterocycles. The van der Waals surface area contributed by atoms with Gasteiger partial charge in [0, 0.05) is 4.47 Å². The molecule has 0 saturated heterocycles. The van der Waals surface area contributed by atoms with Crippen molar-refractivity contribution in [3.05, 3.63) is 29.0 Å². The van der Waals surface area contributed by atoms with E-state index in [-0.39, 0.29) is 6.54 Å². The molecule has 0 radical (unpaired) electrons. The molecule has 0 aliphatic carbocycles. The van der Waals surface area contributed by atoms with Crippen LogP contribution in [0.5, 0.6) is 0 Å². The monoisotopic (exact) mass is 254 g/mol. The second-order valence-corrected chi connectivity index (χ2v) is 3.73. The number of aliphatic carboxylic acids is 1. The molecular weight excluding hydrogens is 248 g/mol. The minimum Gasteiger partial charge on any atom is -0.480 e. The smallest absolute Gasteiger partial charge is 0.323 e. The molecule has 14 heavy (non-hydrogen) atoms. The quantitative estimate of drug-likeness (QED) is 0.891. The first kappa shape index (κ1) is 9.21. The molecule has 1 aromatic carbocycles. The number of para-hydroxylation sites is 1. The fourth-order valence-corrected chi connectivity index (χ4v) is 1.93. The number of fused-ring (bicyclic) bond motifs is 1. The van der Waals surface area contributed by atoms with Gasteiger partial charge < -0.3 is 9.67 Å². The second-order valence-electron chi connectivity index (χ2n) is 2.87. The van der Waals surface area contributed by atoms with E-state index in [1.54, 1.807) is 4.57 Å². The van der Waals surface area contributed by atoms with E-state index in [4.69, 9.17) is 5.11 Å². The van der Waals surface area contributed by atoms with Crippen molar-refractivity contribution in [1.29, 1.82) is 0 Å². The maximum absolute atomic E-state index is 10.6. The highest BCUT2D eigenvalue weighted by Gasteiger charge is 2.07. The number of benzene rings is 1. The number of hydrogen-bond acceptors (Lipinski definition) is 2. The molecule has 0 atom stereocenters. The van der Waals surface area contributed by atoms with Crippen molar-refractivity contribution >= 4 is 32.9 Å². The van der Waals surface area contributed by atoms with Crippen LogP contribution in [-0.4, -0.2) is 20.6 Å². The molecule has 0 spiro atoms. The molecule has 0 aliphatic rings. The molecule has 0 bridgehead atoms. The van der Waals surface area contributed by atoms with Crippen LogP contribution in [0.15, 0.2) is 29.0 Å². The van der Waals surface area contributed by atoms with Gasteiger partial charge in [-0.2, -0.15) is 0 Å². The lowest BCUT2D eigenvalue weighted by atomic mass is 10.3. The summed E-state index contributed by atoms with van der Waals surface area (Å²) in [5, 5.41) is 8.67. The lowest BCUT2D eigenvalue weighted by Crippen LogP contribution is -2.07. The van der Waals surface area contributed by atoms with Crippen LogP contribution in [0.2, 0.25) is 0 Å². The van der Waals surface area contributed by atoms with Crippen LogP contribution in [0.1, 0.15) is 0 Å². The zero-order chi connectivity index (χ0) is 10.1. The fraction of sp³-hybridized carbons (Fsp3) is 0.111. The van der Waals surface area contributed by atoms with Gasteiger partial charge in [0.2, 0.25) is 0 Å². The molecule has 0 aliphatic heterocycles. The number of carbonyl (C=O) groups is 1. The summed E-state index contributed by atoms with van der Waals surface area (Å²) in [5.74, 6) is -0.875. The van der Waals surface area contributed by atoms with E-state index >= 15 is 0 Å². The Kier molecular flexibility index (Phi) is 2.25. The third kappa shape index (κ3) is 1.50. The van der Waals surface area contributed by atoms with Crippen LogP contribution in [0, 0.1) is 0 Å². The summed E-state index contributed by atoms with van der Waals surface area (Å²) in [6, 6.07) is 5.57. The molecule has 72 valence electrons. The van der Waals surface area contributed by atoms with Crippen LogP contribution < -0.4 is 0 Å². The van der Waals surface area contributed by atoms with Gasteiger partial charge >= 0.3 is 5.97 Å². The van der Waals surface area contributed by atoms with Crippen molar-refractivity contribution in [3.8, 4) is 0 Å². The molecule has 5 heteroatoms. The molecule has 4 nitrogen and oxygen atoms in total. The number of carboxylic acid groups (broad SMARTS) is 1. The number of carboxylic acids is 1. The molecule has 0 amide bonds. The van der Waals surface area contributed by atoms with E-state index in [0.717, 1.165) is 15.5 Å². The summed E-state index contributed by atoms with van der Waals surface area (Å²) in [7, 11) is 0. The lowest BCUT2D eigenvalue weighted by Gasteiger charge is -2.00. The standard InChI is InChI=1S/C9H7BrN2O2/c10-6-2-1-3-7-9(6)12(5-11-7)4-8(13)14/h1-3,5H,4H2,(H,13,14). The predicted octanol–water partition coefficient (Wildman–Crippen LogP) is 1.88. The fourth-order valence-electron chi connectivity index (χ4n) is 1.35. The van der Waals surface area contributed by atoms with E-state index in [9.17, 15) is 4.79 Å². The van der Waals surface area contributed by atoms with Crippen LogP contribution in [0.3, 0.4) is 0 Å². The van der Waals surface area contributed by atoms with Crippen LogP contribution in [0.4, 0.5) is 0 Å². The Morgan fingerprint density at radius 2 is 2.36 bits per heavy atom. The molecule has 0 unspecified atom stereocenters. The highest BCUT2D eigenvalue weighted by Crippen LogP contribution is 2.22. The normalized spacial score (nSPS) is 10.6. The summed E-state index contributed by atoms with van der Waals surface area (Å²) in [6.45, 7) is -0.0703. The number of halogens is 1. The van der Waals surface area contributed by atoms with E-state index in [1.807, 2.05) is 18.2 Å². The van der Waals surface area contributed by atoms with Gasteiger partial charge in [0.1, 0.15) is 6.54 Å². The molecule has 0 saturated carbocycles. The third-order valence-electron chi connectivity index (χ3n) is 1.89. The van der Waals surface area contributed by atoms with Crippen LogP contribution in [-0.2, 0) is 11.3 Å². The Morgan fingerprint density at radius 1 is 1.57 bits per heavy atom. The zero-order valence-electron chi connectivity index (χ0n) is 7.14. The number of aromatic nitrogens is 2. The first-order chi connectivity index (χ1) is 6.68. The first-order valence-corrected chi connectivity index (χ1v) is 4.79. The number of nitrogens with zero attached hydrogens (tertiary/aromatic N) is 2. The maximum Gasteiger partial charge on any atom is 0.323 e. The summed E-state index contributed by atoms with van der Waals surface area (Å²) in [5.41, 5.74) is 1.61. The van der Waals surface area contributed by atoms with E-state index in [2.05, 4.69) is 20.9 Å². The Hall–Kier alpha value is -1.36. The van der Waals surface area contributed by atoms with Gasteiger partial charge in [-0.25, -0.2) is 4.98 Å². The number of imidazole rings is 1. The topological polar surface area (TPSA) is 55.1 Å². The van der Waals surface area contributed by atoms with Crippen LogP contribution in [0.25, 0.3) is 11.0 Å². The minimum absolute atomic E-state index is 0.0703. The molecule has 0 fully saturated rings. The second kappa shape index (κ2) is 3.42. The van der Waals surface area contributed by atoms with Crippen molar-refractivity contribution in [3.63, 3.8) is 0 Å². The van der Waals surface area contributed by atoms with Gasteiger partial charge in [0.15, 0.2) is 0 Å². The van der Waals surface area contributed by atoms with Crippen molar-refractivity contribution < 1.29 is 9.90 Å². The minimum atomic E-state index is -0.875. The first-order valence-electron chi connectivity index (χ1n) is 3.99. The Labute approximate surface area is 88.3 Å². The SMILES string of the molecule is O=C(O)Cn1cnc2cccc(Br)c21. The largest absolute Gasteiger partial charge is 0.480 e. The van der Waals surface area contributed by atoms with Gasteiger partial charge in [0.25, 0.3) is 0 Å². The summed E-state index contributed by atoms with van der Waals surface area (Å²) in [4.78, 5) is 14.7. The highest BCUT2D eigenvalue weighted by molar-refractivity contribution is 9.10. The van der Waals surface area contributed by atoms with Gasteiger partial charge in [-0.05, 0) is 28.1 Å². The number of hydrogen-bond donors (Lipinski definition) is 1. The van der Waals surface area contributed by atoms with Gasteiger partial charge in [-0.3, -0.25) is 4.79 Å². The molecule has 2 aromatic rings. The zero-order valence-corrected chi connectivity index (χ0v) is 8.73. The van der Waals surface area contributed by atoms with Crippen molar-refractivity contribution in [1.82, 2.24) is 9.55 Å². The number of rotatable bonds is 2. The van der Waals surface area contributed by atoms with Crippen molar-refractivity contribution in [2.75, 3.05) is 0 Å². The molecular formula is C9H7BrN2O2. The predicted molar refractivity (Wildman–Crippen MR) is 55.1 cm³/mol. The van der Waals surface area contributed by atoms with Crippen molar-refractivity contribution in [2.24, 2.45) is 0 Å². The van der Waals surface area contributed by atoms with E-state index in [1.165, 1.54) is 6.33 Å². The average Bonchev–Trinajstić information content (AvgIpc) is 2.49. The highest BCUT2D eigenvalue weighted by atomic mass is 79.9. The average molecular weight is 255 g/mol. The van der Waals surface area contributed by atoms with E-state index < -0.39 is 5.97 Å². The summed E-state index contributed by atoms with van der Waals surface area (Å²) in [6.07, 6.45) is 1.53. The molecule has 1 heterocycles.